The van der Waals surface area contributed by atoms with Gasteiger partial charge in [0, 0.05) is 13.2 Å². The van der Waals surface area contributed by atoms with Gasteiger partial charge in [0.1, 0.15) is 42.7 Å². The molecular weight excluding hydrogens is 808 g/mol. The Hall–Kier alpha value is -0.170. The number of aliphatic hydroxyl groups excluding tert-OH is 5. The quantitative estimate of drug-likeness (QED) is 0.0256. The summed E-state index contributed by atoms with van der Waals surface area (Å²) in [6.07, 6.45) is 13.9. The fraction of sp³-hybridized carbons (Fsp3) is 1.00. The Labute approximate surface area is 380 Å². The summed E-state index contributed by atoms with van der Waals surface area (Å²) in [5.74, 6) is 5.66. The lowest BCUT2D eigenvalue weighted by Crippen LogP contribution is -2.64. The summed E-state index contributed by atoms with van der Waals surface area (Å²) in [6, 6.07) is 0. The van der Waals surface area contributed by atoms with E-state index < -0.39 is 50.6 Å². The molecule has 1 aliphatic rings. The van der Waals surface area contributed by atoms with Crippen LogP contribution in [0.2, 0.25) is 0 Å². The van der Waals surface area contributed by atoms with Crippen LogP contribution in [-0.2, 0) is 23.1 Å². The van der Waals surface area contributed by atoms with Gasteiger partial charge >= 0.3 is 7.82 Å². The minimum Gasteiger partial charge on any atom is -0.387 e. The first-order valence-corrected chi connectivity index (χ1v) is 27.0. The maximum atomic E-state index is 13.0. The summed E-state index contributed by atoms with van der Waals surface area (Å²) in [7, 11) is -4.92. The van der Waals surface area contributed by atoms with Crippen LogP contribution in [0.3, 0.4) is 0 Å². The predicted octanol–water partition coefficient (Wildman–Crippen LogP) is 11.0. The number of phosphoric acid groups is 1. The molecule has 1 saturated carbocycles. The molecule has 7 unspecified atom stereocenters. The lowest BCUT2D eigenvalue weighted by Gasteiger charge is -2.41. The molecule has 6 N–H and O–H groups in total. The van der Waals surface area contributed by atoms with E-state index in [9.17, 15) is 35.0 Å². The van der Waals surface area contributed by atoms with E-state index in [2.05, 4.69) is 69.2 Å². The van der Waals surface area contributed by atoms with Crippen LogP contribution >= 0.6 is 7.82 Å². The molecule has 1 aliphatic carbocycles. The average Bonchev–Trinajstić information content (AvgIpc) is 3.21. The molecule has 0 radical (unpaired) electrons. The largest absolute Gasteiger partial charge is 0.472 e. The van der Waals surface area contributed by atoms with Crippen molar-refractivity contribution >= 4 is 7.82 Å². The van der Waals surface area contributed by atoms with Gasteiger partial charge in [-0.2, -0.15) is 0 Å². The molecule has 0 aliphatic heterocycles. The Kier molecular flexibility index (Phi) is 33.0. The van der Waals surface area contributed by atoms with E-state index in [4.69, 9.17) is 18.5 Å². The maximum absolute atomic E-state index is 13.0. The predicted molar refractivity (Wildman–Crippen MR) is 253 cm³/mol. The minimum atomic E-state index is -4.92. The van der Waals surface area contributed by atoms with Crippen LogP contribution in [0.15, 0.2) is 0 Å². The van der Waals surface area contributed by atoms with Gasteiger partial charge in [0.25, 0.3) is 0 Å². The number of hydrogen-bond acceptors (Lipinski definition) is 10. The molecule has 0 amide bonds. The molecule has 12 heteroatoms. The lowest BCUT2D eigenvalue weighted by molar-refractivity contribution is -0.220. The van der Waals surface area contributed by atoms with E-state index in [1.807, 2.05) is 0 Å². The van der Waals surface area contributed by atoms with E-state index in [1.54, 1.807) is 0 Å². The molecule has 0 aromatic carbocycles. The molecule has 0 aromatic rings. The molecule has 62 heavy (non-hydrogen) atoms. The van der Waals surface area contributed by atoms with Crippen LogP contribution in [0.1, 0.15) is 204 Å². The van der Waals surface area contributed by atoms with Crippen molar-refractivity contribution < 1.29 is 53.5 Å². The number of phosphoric ester groups is 1. The molecule has 372 valence electrons. The second-order valence-corrected chi connectivity index (χ2v) is 22.5. The zero-order valence-corrected chi connectivity index (χ0v) is 42.4. The van der Waals surface area contributed by atoms with Crippen molar-refractivity contribution in [2.24, 2.45) is 47.3 Å². The number of aliphatic hydroxyl groups is 5. The highest BCUT2D eigenvalue weighted by molar-refractivity contribution is 7.47. The van der Waals surface area contributed by atoms with Gasteiger partial charge in [-0.15, -0.1) is 0 Å². The highest BCUT2D eigenvalue weighted by Crippen LogP contribution is 2.47. The molecule has 1 fully saturated rings. The van der Waals surface area contributed by atoms with Crippen molar-refractivity contribution in [1.29, 1.82) is 0 Å². The van der Waals surface area contributed by atoms with Crippen molar-refractivity contribution in [1.82, 2.24) is 0 Å². The van der Waals surface area contributed by atoms with Crippen LogP contribution in [0, 0.1) is 47.3 Å². The first-order chi connectivity index (χ1) is 29.3. The third-order valence-corrected chi connectivity index (χ3v) is 14.9. The lowest BCUT2D eigenvalue weighted by atomic mass is 9.85. The van der Waals surface area contributed by atoms with Crippen LogP contribution in [0.25, 0.3) is 0 Å². The van der Waals surface area contributed by atoms with Crippen LogP contribution < -0.4 is 0 Å². The van der Waals surface area contributed by atoms with Crippen molar-refractivity contribution in [3.05, 3.63) is 0 Å². The molecule has 0 saturated heterocycles. The number of ether oxygens (including phenoxy) is 2. The van der Waals surface area contributed by atoms with Crippen molar-refractivity contribution in [2.45, 2.75) is 247 Å². The van der Waals surface area contributed by atoms with E-state index in [0.717, 1.165) is 55.3 Å². The Bertz CT molecular complexity index is 1100. The van der Waals surface area contributed by atoms with Gasteiger partial charge in [0.05, 0.1) is 13.2 Å². The molecule has 11 nitrogen and oxygen atoms in total. The Morgan fingerprint density at radius 1 is 0.452 bits per heavy atom. The van der Waals surface area contributed by atoms with Gasteiger partial charge in [-0.3, -0.25) is 9.05 Å². The molecule has 15 atom stereocenters. The van der Waals surface area contributed by atoms with E-state index in [0.29, 0.717) is 31.0 Å². The summed E-state index contributed by atoms with van der Waals surface area (Å²) >= 11 is 0. The summed E-state index contributed by atoms with van der Waals surface area (Å²) in [5.41, 5.74) is 0. The molecule has 1 rings (SSSR count). The smallest absolute Gasteiger partial charge is 0.387 e. The topological polar surface area (TPSA) is 175 Å². The number of rotatable bonds is 39. The Morgan fingerprint density at radius 2 is 0.790 bits per heavy atom. The van der Waals surface area contributed by atoms with Gasteiger partial charge in [-0.05, 0) is 60.2 Å². The maximum Gasteiger partial charge on any atom is 0.472 e. The second-order valence-electron chi connectivity index (χ2n) is 21.1. The molecular formula is C50H101O11P. The first-order valence-electron chi connectivity index (χ1n) is 25.5. The van der Waals surface area contributed by atoms with E-state index >= 15 is 0 Å². The molecule has 0 heterocycles. The molecule has 0 spiro atoms. The standard InChI is InChI=1S/C50H101O11P/c1-11-37(4)19-13-21-39(6)23-15-25-41(8)27-17-29-43(10)31-33-59-44(35-60-62(56,57)61-50-48(54)46(52)45(51)47(53)49(50)55)34-58-32-30-42(9)28-16-26-40(7)24-14-22-38(5)20-12-18-36(2)3/h36-55H,11-35H2,1-10H3,(H,56,57)/t37?,38-,39-,40-,41-,42-,43-,44-,45?,46-,47?,48?,49?,50?/m1/s1. The zero-order valence-electron chi connectivity index (χ0n) is 41.5. The third-order valence-electron chi connectivity index (χ3n) is 13.9. The minimum absolute atomic E-state index is 0.139. The molecule has 0 aromatic heterocycles. The summed E-state index contributed by atoms with van der Waals surface area (Å²) in [6.45, 7) is 24.0. The van der Waals surface area contributed by atoms with Gasteiger partial charge < -0.3 is 39.9 Å². The van der Waals surface area contributed by atoms with Crippen molar-refractivity contribution in [3.8, 4) is 0 Å². The summed E-state index contributed by atoms with van der Waals surface area (Å²) in [5, 5.41) is 50.6. The Balaban J connectivity index is 2.55. The van der Waals surface area contributed by atoms with Gasteiger partial charge in [0.2, 0.25) is 0 Å². The SMILES string of the molecule is CCC(C)CCC[C@@H](C)CCC[C@@H](C)CCC[C@@H](C)CCO[C@H](COCC[C@H](C)CCC[C@H](C)CCC[C@H](C)CCCC(C)C)COP(=O)(O)OC1C(O)C(O)C(O)[C@@H](O)C1O. The van der Waals surface area contributed by atoms with Gasteiger partial charge in [0.15, 0.2) is 0 Å². The highest BCUT2D eigenvalue weighted by atomic mass is 31.2. The fourth-order valence-electron chi connectivity index (χ4n) is 8.78. The molecule has 0 bridgehead atoms. The normalized spacial score (nSPS) is 25.8. The first kappa shape index (κ1) is 59.8. The number of hydrogen-bond donors (Lipinski definition) is 6. The van der Waals surface area contributed by atoms with Crippen LogP contribution in [0.5, 0.6) is 0 Å². The Morgan fingerprint density at radius 3 is 1.18 bits per heavy atom. The monoisotopic (exact) mass is 909 g/mol. The zero-order chi connectivity index (χ0) is 46.7. The summed E-state index contributed by atoms with van der Waals surface area (Å²) in [4.78, 5) is 10.5. The van der Waals surface area contributed by atoms with Crippen molar-refractivity contribution in [3.63, 3.8) is 0 Å². The fourth-order valence-corrected chi connectivity index (χ4v) is 9.75. The second kappa shape index (κ2) is 34.2. The van der Waals surface area contributed by atoms with E-state index in [-0.39, 0.29) is 13.2 Å². The highest BCUT2D eigenvalue weighted by Gasteiger charge is 2.51. The van der Waals surface area contributed by atoms with Crippen LogP contribution in [0.4, 0.5) is 0 Å². The van der Waals surface area contributed by atoms with Gasteiger partial charge in [-0.25, -0.2) is 4.57 Å². The van der Waals surface area contributed by atoms with E-state index in [1.165, 1.54) is 109 Å². The van der Waals surface area contributed by atoms with Gasteiger partial charge in [-0.1, -0.05) is 191 Å². The third kappa shape index (κ3) is 28.1. The summed E-state index contributed by atoms with van der Waals surface area (Å²) < 4.78 is 35.5. The average molecular weight is 909 g/mol. The van der Waals surface area contributed by atoms with Crippen LogP contribution in [-0.4, -0.2) is 99.6 Å². The van der Waals surface area contributed by atoms with Crippen molar-refractivity contribution in [2.75, 3.05) is 26.4 Å².